The number of amides is 6. The van der Waals surface area contributed by atoms with Gasteiger partial charge in [0.2, 0.25) is 17.7 Å². The minimum Gasteiger partial charge on any atom is -0.376 e. The molecule has 5 heterocycles. The van der Waals surface area contributed by atoms with Gasteiger partial charge in [0.25, 0.3) is 5.91 Å². The number of likely N-dealkylation sites (N-methyl/N-ethyl adjacent to an activating group) is 1. The summed E-state index contributed by atoms with van der Waals surface area (Å²) in [6, 6.07) is 24.7. The highest BCUT2D eigenvalue weighted by Crippen LogP contribution is 2.36. The molecule has 17 heteroatoms. The number of aromatic nitrogens is 2. The summed E-state index contributed by atoms with van der Waals surface area (Å²) in [6.45, 7) is 4.96. The van der Waals surface area contributed by atoms with E-state index in [4.69, 9.17) is 9.84 Å². The number of H-pyrrole nitrogens is 1. The number of hydrazone groups is 1. The van der Waals surface area contributed by atoms with E-state index < -0.39 is 11.9 Å². The standard InChI is InChI=1S/C47H53N11O6/c1-5-57-27-36(34-18-19-49-44-35(34)23-38(52-44)31-9-6-8-29(22-31)25-55(2)3)43(54-57)30-12-14-33(15-13-30)51-47(63)56(4)28-64-21-20-48-41(60)24-50-37-11-7-10-32-26-58(46(62)42(32)37)39-16-17-40(59)53-45(39)61/h6-15,18-19,22-23,36,39,50H,5,16-17,20-21,24-28H2,1-4H3,(H,48,60)(H,49,52)(H,51,63)(H,53,59,61). The summed E-state index contributed by atoms with van der Waals surface area (Å²) in [5, 5.41) is 19.2. The molecule has 0 radical (unpaired) electrons. The summed E-state index contributed by atoms with van der Waals surface area (Å²) < 4.78 is 5.66. The maximum Gasteiger partial charge on any atom is 0.323 e. The predicted octanol–water partition coefficient (Wildman–Crippen LogP) is 4.54. The molecule has 0 bridgehead atoms. The molecule has 2 aromatic heterocycles. The van der Waals surface area contributed by atoms with Crippen molar-refractivity contribution in [1.29, 1.82) is 0 Å². The molecule has 64 heavy (non-hydrogen) atoms. The maximum absolute atomic E-state index is 13.3. The van der Waals surface area contributed by atoms with E-state index in [-0.39, 0.29) is 75.5 Å². The van der Waals surface area contributed by atoms with Crippen LogP contribution in [-0.2, 0) is 32.2 Å². The number of hydrogen-bond acceptors (Lipinski definition) is 11. The zero-order valence-corrected chi connectivity index (χ0v) is 36.4. The Balaban J connectivity index is 0.803. The molecule has 1 fully saturated rings. The smallest absolute Gasteiger partial charge is 0.323 e. The molecular formula is C47H53N11O6. The van der Waals surface area contributed by atoms with E-state index in [0.717, 1.165) is 64.3 Å². The molecule has 5 N–H and O–H groups in total. The number of ether oxygens (including phenoxy) is 1. The minimum absolute atomic E-state index is 0.00585. The van der Waals surface area contributed by atoms with E-state index >= 15 is 0 Å². The second-order valence-corrected chi connectivity index (χ2v) is 16.5. The Hall–Kier alpha value is -7.11. The van der Waals surface area contributed by atoms with Gasteiger partial charge in [-0.15, -0.1) is 0 Å². The molecule has 0 aliphatic carbocycles. The van der Waals surface area contributed by atoms with Crippen molar-refractivity contribution in [2.24, 2.45) is 5.10 Å². The first-order chi connectivity index (χ1) is 30.9. The molecule has 0 saturated carbocycles. The fourth-order valence-corrected chi connectivity index (χ4v) is 8.44. The zero-order chi connectivity index (χ0) is 44.9. The molecule has 2 unspecified atom stereocenters. The Bertz CT molecular complexity index is 2610. The molecule has 2 atom stereocenters. The van der Waals surface area contributed by atoms with Crippen LogP contribution in [0.5, 0.6) is 0 Å². The van der Waals surface area contributed by atoms with Gasteiger partial charge in [0.15, 0.2) is 0 Å². The number of carbonyl (C=O) groups is 5. The molecule has 3 aromatic carbocycles. The lowest BCUT2D eigenvalue weighted by molar-refractivity contribution is -0.137. The summed E-state index contributed by atoms with van der Waals surface area (Å²) in [5.41, 5.74) is 9.51. The first-order valence-corrected chi connectivity index (χ1v) is 21.5. The van der Waals surface area contributed by atoms with Gasteiger partial charge in [-0.05, 0) is 91.7 Å². The highest BCUT2D eigenvalue weighted by atomic mass is 16.5. The summed E-state index contributed by atoms with van der Waals surface area (Å²) in [4.78, 5) is 76.3. The van der Waals surface area contributed by atoms with E-state index in [9.17, 15) is 24.0 Å². The van der Waals surface area contributed by atoms with Gasteiger partial charge >= 0.3 is 6.03 Å². The van der Waals surface area contributed by atoms with Crippen LogP contribution in [0.4, 0.5) is 16.2 Å². The highest BCUT2D eigenvalue weighted by Gasteiger charge is 2.40. The van der Waals surface area contributed by atoms with Gasteiger partial charge in [0, 0.05) is 80.8 Å². The van der Waals surface area contributed by atoms with Crippen LogP contribution in [0.2, 0.25) is 0 Å². The van der Waals surface area contributed by atoms with E-state index in [1.807, 2.05) is 36.5 Å². The summed E-state index contributed by atoms with van der Waals surface area (Å²) >= 11 is 0. The lowest BCUT2D eigenvalue weighted by atomic mass is 9.89. The maximum atomic E-state index is 13.3. The SMILES string of the molecule is CCN1CC(c2ccnc3[nH]c(-c4cccc(CN(C)C)c4)cc23)C(c2ccc(NC(=O)N(C)COCCNC(=O)CNc3cccc4c3C(=O)N(C3CCC(=O)NC3=O)C4)cc2)=N1. The zero-order valence-electron chi connectivity index (χ0n) is 36.4. The van der Waals surface area contributed by atoms with Crippen molar-refractivity contribution >= 4 is 57.8 Å². The van der Waals surface area contributed by atoms with Gasteiger partial charge < -0.3 is 40.4 Å². The topological polar surface area (TPSA) is 197 Å². The number of nitrogens with one attached hydrogen (secondary N) is 5. The van der Waals surface area contributed by atoms with Gasteiger partial charge in [-0.2, -0.15) is 5.10 Å². The third-order valence-electron chi connectivity index (χ3n) is 11.6. The quantitative estimate of drug-likeness (QED) is 0.0534. The van der Waals surface area contributed by atoms with Crippen molar-refractivity contribution in [3.63, 3.8) is 0 Å². The molecule has 17 nitrogen and oxygen atoms in total. The average Bonchev–Trinajstić information content (AvgIpc) is 4.01. The van der Waals surface area contributed by atoms with Crippen molar-refractivity contribution in [3.05, 3.63) is 113 Å². The van der Waals surface area contributed by atoms with Crippen LogP contribution in [0.1, 0.15) is 58.3 Å². The Labute approximate surface area is 371 Å². The van der Waals surface area contributed by atoms with Crippen molar-refractivity contribution in [2.75, 3.05) is 71.3 Å². The molecule has 8 rings (SSSR count). The first-order valence-electron chi connectivity index (χ1n) is 21.5. The Morgan fingerprint density at radius 1 is 0.969 bits per heavy atom. The van der Waals surface area contributed by atoms with Crippen LogP contribution < -0.4 is 21.3 Å². The molecule has 3 aliphatic heterocycles. The Morgan fingerprint density at radius 2 is 1.78 bits per heavy atom. The summed E-state index contributed by atoms with van der Waals surface area (Å²) in [5.74, 6) is -1.45. The molecule has 5 aromatic rings. The fourth-order valence-electron chi connectivity index (χ4n) is 8.44. The number of rotatable bonds is 16. The second kappa shape index (κ2) is 19.1. The second-order valence-electron chi connectivity index (χ2n) is 16.5. The summed E-state index contributed by atoms with van der Waals surface area (Å²) in [7, 11) is 5.75. The van der Waals surface area contributed by atoms with Gasteiger partial charge in [-0.1, -0.05) is 42.5 Å². The van der Waals surface area contributed by atoms with E-state index in [0.29, 0.717) is 16.9 Å². The molecule has 0 spiro atoms. The number of nitrogens with zero attached hydrogens (tertiary/aromatic N) is 6. The van der Waals surface area contributed by atoms with Crippen LogP contribution in [0.3, 0.4) is 0 Å². The number of fused-ring (bicyclic) bond motifs is 2. The molecule has 6 amide bonds. The van der Waals surface area contributed by atoms with E-state index in [2.05, 4.69) is 98.6 Å². The number of piperidine rings is 1. The van der Waals surface area contributed by atoms with Gasteiger partial charge in [-0.3, -0.25) is 29.5 Å². The van der Waals surface area contributed by atoms with E-state index in [1.54, 1.807) is 19.2 Å². The Morgan fingerprint density at radius 3 is 2.56 bits per heavy atom. The van der Waals surface area contributed by atoms with Gasteiger partial charge in [0.05, 0.1) is 24.4 Å². The lowest BCUT2D eigenvalue weighted by Gasteiger charge is -2.29. The van der Waals surface area contributed by atoms with E-state index in [1.165, 1.54) is 15.4 Å². The number of aromatic amines is 1. The molecule has 3 aliphatic rings. The van der Waals surface area contributed by atoms with Crippen molar-refractivity contribution in [1.82, 2.24) is 40.3 Å². The largest absolute Gasteiger partial charge is 0.376 e. The number of carbonyl (C=O) groups excluding carboxylic acids is 5. The summed E-state index contributed by atoms with van der Waals surface area (Å²) in [6.07, 6.45) is 2.29. The minimum atomic E-state index is -0.724. The first kappa shape index (κ1) is 43.5. The van der Waals surface area contributed by atoms with Crippen LogP contribution in [-0.4, -0.2) is 132 Å². The predicted molar refractivity (Wildman–Crippen MR) is 243 cm³/mol. The number of hydrogen-bond donors (Lipinski definition) is 5. The van der Waals surface area contributed by atoms with Gasteiger partial charge in [0.1, 0.15) is 18.4 Å². The average molecular weight is 868 g/mol. The van der Waals surface area contributed by atoms with Crippen molar-refractivity contribution in [3.8, 4) is 11.3 Å². The highest BCUT2D eigenvalue weighted by molar-refractivity contribution is 6.09. The number of urea groups is 1. The monoisotopic (exact) mass is 867 g/mol. The number of benzene rings is 3. The molecular weight excluding hydrogens is 815 g/mol. The molecule has 332 valence electrons. The number of pyridine rings is 1. The third kappa shape index (κ3) is 9.60. The Kier molecular flexibility index (Phi) is 13.0. The number of anilines is 2. The van der Waals surface area contributed by atoms with Crippen molar-refractivity contribution in [2.45, 2.75) is 44.8 Å². The number of imide groups is 1. The molecule has 1 saturated heterocycles. The van der Waals surface area contributed by atoms with Crippen LogP contribution in [0.25, 0.3) is 22.3 Å². The van der Waals surface area contributed by atoms with Gasteiger partial charge in [-0.25, -0.2) is 9.78 Å². The third-order valence-corrected chi connectivity index (χ3v) is 11.6. The fraction of sp³-hybridized carbons (Fsp3) is 0.340. The van der Waals surface area contributed by atoms with Crippen LogP contribution in [0.15, 0.2) is 90.2 Å². The van der Waals surface area contributed by atoms with Crippen LogP contribution >= 0.6 is 0 Å². The van der Waals surface area contributed by atoms with Crippen molar-refractivity contribution < 1.29 is 28.7 Å². The van der Waals surface area contributed by atoms with Crippen LogP contribution in [0, 0.1) is 0 Å². The lowest BCUT2D eigenvalue weighted by Crippen LogP contribution is -2.52. The normalized spacial score (nSPS) is 17.1.